The van der Waals surface area contributed by atoms with Crippen molar-refractivity contribution in [3.8, 4) is 0 Å². The molecule has 0 amide bonds. The first-order valence-corrected chi connectivity index (χ1v) is 11.8. The van der Waals surface area contributed by atoms with Crippen LogP contribution in [0.2, 0.25) is 0 Å². The summed E-state index contributed by atoms with van der Waals surface area (Å²) in [7, 11) is 0. The largest absolute Gasteiger partial charge is 0.480 e. The highest BCUT2D eigenvalue weighted by molar-refractivity contribution is 5.70. The Bertz CT molecular complexity index is 803. The van der Waals surface area contributed by atoms with E-state index in [4.69, 9.17) is 0 Å². The van der Waals surface area contributed by atoms with Crippen molar-refractivity contribution in [3.05, 3.63) is 35.4 Å². The van der Waals surface area contributed by atoms with Crippen LogP contribution in [-0.2, 0) is 20.8 Å². The third kappa shape index (κ3) is 10.2. The molecule has 1 heterocycles. The van der Waals surface area contributed by atoms with E-state index in [1.165, 1.54) is 0 Å². The zero-order chi connectivity index (χ0) is 25.1. The molecular weight excluding hydrogens is 440 g/mol. The summed E-state index contributed by atoms with van der Waals surface area (Å²) in [5.41, 5.74) is 2.20. The molecule has 10 nitrogen and oxygen atoms in total. The lowest BCUT2D eigenvalue weighted by Crippen LogP contribution is -2.53. The van der Waals surface area contributed by atoms with Gasteiger partial charge in [-0.05, 0) is 25.5 Å². The number of likely N-dealkylation sites (N-methyl/N-ethyl adjacent to an activating group) is 1. The van der Waals surface area contributed by atoms with Gasteiger partial charge in [-0.1, -0.05) is 36.8 Å². The number of carbonyl (C=O) groups is 3. The molecule has 1 aromatic carbocycles. The van der Waals surface area contributed by atoms with E-state index >= 15 is 0 Å². The van der Waals surface area contributed by atoms with Gasteiger partial charge in [-0.2, -0.15) is 0 Å². The Morgan fingerprint density at radius 2 is 1.26 bits per heavy atom. The van der Waals surface area contributed by atoms with E-state index in [-0.39, 0.29) is 25.7 Å². The van der Waals surface area contributed by atoms with E-state index in [0.717, 1.165) is 17.7 Å². The Kier molecular flexibility index (Phi) is 11.4. The molecule has 1 saturated heterocycles. The number of aryl methyl sites for hydroxylation is 1. The van der Waals surface area contributed by atoms with Gasteiger partial charge in [-0.25, -0.2) is 0 Å². The minimum atomic E-state index is -0.965. The zero-order valence-electron chi connectivity index (χ0n) is 20.2. The molecule has 1 aliphatic heterocycles. The molecule has 0 aliphatic carbocycles. The first-order chi connectivity index (χ1) is 16.2. The summed E-state index contributed by atoms with van der Waals surface area (Å²) in [6.07, 6.45) is 0.592. The van der Waals surface area contributed by atoms with Crippen molar-refractivity contribution < 1.29 is 29.7 Å². The lowest BCUT2D eigenvalue weighted by Gasteiger charge is -2.37. The fourth-order valence-corrected chi connectivity index (χ4v) is 4.32. The number of aliphatic carboxylic acids is 3. The van der Waals surface area contributed by atoms with Crippen LogP contribution < -0.4 is 0 Å². The molecule has 10 heteroatoms. The third-order valence-corrected chi connectivity index (χ3v) is 6.25. The molecule has 1 aliphatic rings. The monoisotopic (exact) mass is 478 g/mol. The van der Waals surface area contributed by atoms with E-state index in [1.807, 2.05) is 47.9 Å². The van der Waals surface area contributed by atoms with Gasteiger partial charge < -0.3 is 20.2 Å². The van der Waals surface area contributed by atoms with Gasteiger partial charge in [0.25, 0.3) is 0 Å². The van der Waals surface area contributed by atoms with Crippen molar-refractivity contribution >= 4 is 17.9 Å². The van der Waals surface area contributed by atoms with Crippen LogP contribution >= 0.6 is 0 Å². The Balaban J connectivity index is 2.34. The second-order valence-corrected chi connectivity index (χ2v) is 8.94. The van der Waals surface area contributed by atoms with Gasteiger partial charge in [0, 0.05) is 51.9 Å². The molecule has 2 rings (SSSR count). The first-order valence-electron chi connectivity index (χ1n) is 11.8. The average Bonchev–Trinajstić information content (AvgIpc) is 2.75. The molecule has 34 heavy (non-hydrogen) atoms. The molecule has 0 saturated carbocycles. The number of carboxylic acids is 3. The van der Waals surface area contributed by atoms with Crippen molar-refractivity contribution in [2.75, 3.05) is 72.0 Å². The minimum absolute atomic E-state index is 0.101. The van der Waals surface area contributed by atoms with Crippen LogP contribution in [0.3, 0.4) is 0 Å². The summed E-state index contributed by atoms with van der Waals surface area (Å²) in [5.74, 6) is -2.79. The predicted molar refractivity (Wildman–Crippen MR) is 128 cm³/mol. The Hall–Kier alpha value is -2.53. The lowest BCUT2D eigenvalue weighted by molar-refractivity contribution is -0.141. The molecule has 0 spiro atoms. The molecule has 3 N–H and O–H groups in total. The highest BCUT2D eigenvalue weighted by atomic mass is 16.4. The normalized spacial score (nSPS) is 20.4. The second-order valence-electron chi connectivity index (χ2n) is 8.94. The third-order valence-electron chi connectivity index (χ3n) is 6.25. The number of nitrogens with zero attached hydrogens (tertiary/aromatic N) is 4. The summed E-state index contributed by atoms with van der Waals surface area (Å²) >= 11 is 0. The quantitative estimate of drug-likeness (QED) is 0.459. The van der Waals surface area contributed by atoms with Crippen molar-refractivity contribution in [1.29, 1.82) is 0 Å². The highest BCUT2D eigenvalue weighted by Gasteiger charge is 2.26. The molecule has 1 unspecified atom stereocenters. The van der Waals surface area contributed by atoms with Crippen LogP contribution in [0.5, 0.6) is 0 Å². The smallest absolute Gasteiger partial charge is 0.317 e. The van der Waals surface area contributed by atoms with Crippen LogP contribution in [-0.4, -0.2) is 131 Å². The van der Waals surface area contributed by atoms with Crippen LogP contribution in [0, 0.1) is 6.92 Å². The topological polar surface area (TPSA) is 125 Å². The van der Waals surface area contributed by atoms with Gasteiger partial charge >= 0.3 is 17.9 Å². The van der Waals surface area contributed by atoms with E-state index < -0.39 is 17.9 Å². The standard InChI is InChI=1S/C24H38N4O6/c1-3-25-8-9-26(16-22(29)30)10-11-27(17-23(31)32)15-21(28(13-12-25)18-24(33)34)14-20-6-4-19(2)5-7-20/h4-7,21H,3,8-18H2,1-2H3,(H,29,30)(H,31,32)(H,33,34). The second kappa shape index (κ2) is 14.0. The van der Waals surface area contributed by atoms with E-state index in [0.29, 0.717) is 52.2 Å². The van der Waals surface area contributed by atoms with Gasteiger partial charge in [-0.3, -0.25) is 29.1 Å². The fraction of sp³-hybridized carbons (Fsp3) is 0.625. The number of carboxylic acid groups (broad SMARTS) is 3. The Morgan fingerprint density at radius 3 is 1.82 bits per heavy atom. The predicted octanol–water partition coefficient (Wildman–Crippen LogP) is 0.401. The van der Waals surface area contributed by atoms with Crippen LogP contribution in [0.4, 0.5) is 0 Å². The molecule has 1 atom stereocenters. The van der Waals surface area contributed by atoms with Crippen LogP contribution in [0.15, 0.2) is 24.3 Å². The van der Waals surface area contributed by atoms with Crippen LogP contribution in [0.25, 0.3) is 0 Å². The van der Waals surface area contributed by atoms with Gasteiger partial charge in [0.05, 0.1) is 19.6 Å². The SMILES string of the molecule is CCN1CCN(CC(=O)O)CCN(CC(=O)O)CC(Cc2ccc(C)cc2)N(CC(=O)O)CC1. The molecular formula is C24H38N4O6. The fourth-order valence-electron chi connectivity index (χ4n) is 4.32. The zero-order valence-corrected chi connectivity index (χ0v) is 20.2. The maximum atomic E-state index is 11.7. The molecule has 190 valence electrons. The van der Waals surface area contributed by atoms with Gasteiger partial charge in [0.2, 0.25) is 0 Å². The first kappa shape index (κ1) is 27.7. The van der Waals surface area contributed by atoms with Gasteiger partial charge in [0.15, 0.2) is 0 Å². The Labute approximate surface area is 201 Å². The lowest BCUT2D eigenvalue weighted by atomic mass is 10.0. The molecule has 0 aromatic heterocycles. The maximum absolute atomic E-state index is 11.7. The maximum Gasteiger partial charge on any atom is 0.317 e. The summed E-state index contributed by atoms with van der Waals surface area (Å²) in [4.78, 5) is 42.4. The summed E-state index contributed by atoms with van der Waals surface area (Å²) in [5, 5.41) is 28.4. The van der Waals surface area contributed by atoms with Crippen molar-refractivity contribution in [2.45, 2.75) is 26.3 Å². The van der Waals surface area contributed by atoms with E-state index in [1.54, 1.807) is 4.90 Å². The number of benzene rings is 1. The number of hydrogen-bond acceptors (Lipinski definition) is 7. The summed E-state index contributed by atoms with van der Waals surface area (Å²) in [6, 6.07) is 7.88. The molecule has 0 radical (unpaired) electrons. The summed E-state index contributed by atoms with van der Waals surface area (Å²) in [6.45, 7) is 7.97. The Morgan fingerprint density at radius 1 is 0.765 bits per heavy atom. The van der Waals surface area contributed by atoms with Gasteiger partial charge in [-0.15, -0.1) is 0 Å². The number of rotatable bonds is 9. The van der Waals surface area contributed by atoms with E-state index in [2.05, 4.69) is 4.90 Å². The highest BCUT2D eigenvalue weighted by Crippen LogP contribution is 2.14. The minimum Gasteiger partial charge on any atom is -0.480 e. The molecule has 1 aromatic rings. The van der Waals surface area contributed by atoms with Crippen LogP contribution in [0.1, 0.15) is 18.1 Å². The molecule has 0 bridgehead atoms. The van der Waals surface area contributed by atoms with E-state index in [9.17, 15) is 29.7 Å². The summed E-state index contributed by atoms with van der Waals surface area (Å²) < 4.78 is 0. The van der Waals surface area contributed by atoms with Crippen molar-refractivity contribution in [3.63, 3.8) is 0 Å². The van der Waals surface area contributed by atoms with Crippen molar-refractivity contribution in [2.24, 2.45) is 0 Å². The average molecular weight is 479 g/mol. The van der Waals surface area contributed by atoms with Crippen molar-refractivity contribution in [1.82, 2.24) is 19.6 Å². The van der Waals surface area contributed by atoms with Gasteiger partial charge in [0.1, 0.15) is 0 Å². The number of hydrogen-bond donors (Lipinski definition) is 3. The molecule has 1 fully saturated rings.